The van der Waals surface area contributed by atoms with Crippen molar-refractivity contribution in [3.8, 4) is 34.7 Å². The standard InChI is InChI=1S/C36H37F2N5O8S/c1-7-9-22-24(37)12-10-19-14-21(49-18-47-6)15-23(27(19)22)30-29(38)31-28-32(41-34(40-31)52(45,46)50-8-2)42-16-20-11-13-25(26(42)17-48-33(28)39-30)43(20)35(44)51-36(3,4)5/h10,12,14-15,20,25-26H,8,11,13,16-18H2,1-6H3/t20-,25+,26-/m1/s1. The molecule has 2 saturated heterocycles. The van der Waals surface area contributed by atoms with Crippen LogP contribution in [0.1, 0.15) is 53.0 Å². The molecule has 0 saturated carbocycles. The molecule has 0 spiro atoms. The first-order chi connectivity index (χ1) is 24.8. The molecule has 2 aromatic carbocycles. The molecule has 13 nitrogen and oxygen atoms in total. The Morgan fingerprint density at radius 1 is 1.10 bits per heavy atom. The Morgan fingerprint density at radius 2 is 1.88 bits per heavy atom. The Balaban J connectivity index is 1.48. The van der Waals surface area contributed by atoms with E-state index in [1.54, 1.807) is 38.7 Å². The average Bonchev–Trinajstić information content (AvgIpc) is 3.33. The van der Waals surface area contributed by atoms with Crippen molar-refractivity contribution in [2.45, 2.75) is 76.3 Å². The number of fused-ring (bicyclic) bond motifs is 6. The molecule has 3 aliphatic rings. The van der Waals surface area contributed by atoms with Crippen LogP contribution in [0.3, 0.4) is 0 Å². The van der Waals surface area contributed by atoms with Crippen LogP contribution in [-0.2, 0) is 23.8 Å². The number of carbonyl (C=O) groups is 1. The van der Waals surface area contributed by atoms with Crippen molar-refractivity contribution in [3.05, 3.63) is 41.5 Å². The van der Waals surface area contributed by atoms with Gasteiger partial charge >= 0.3 is 16.2 Å². The number of hydrogen-bond donors (Lipinski definition) is 0. The molecule has 2 aromatic heterocycles. The number of benzene rings is 2. The fourth-order valence-electron chi connectivity index (χ4n) is 7.22. The van der Waals surface area contributed by atoms with Crippen LogP contribution in [0, 0.1) is 23.5 Å². The Hall–Kier alpha value is -4.85. The van der Waals surface area contributed by atoms with E-state index in [9.17, 15) is 13.2 Å². The van der Waals surface area contributed by atoms with Gasteiger partial charge < -0.3 is 23.8 Å². The number of carbonyl (C=O) groups excluding carboxylic acids is 1. The van der Waals surface area contributed by atoms with Gasteiger partial charge in [-0.3, -0.25) is 9.08 Å². The van der Waals surface area contributed by atoms with Gasteiger partial charge in [0.05, 0.1) is 30.3 Å². The van der Waals surface area contributed by atoms with Crippen LogP contribution < -0.4 is 14.4 Å². The lowest BCUT2D eigenvalue weighted by molar-refractivity contribution is 0.00538. The minimum absolute atomic E-state index is 0.000229. The smallest absolute Gasteiger partial charge is 0.410 e. The van der Waals surface area contributed by atoms with Gasteiger partial charge in [0.2, 0.25) is 5.88 Å². The van der Waals surface area contributed by atoms with Crippen LogP contribution >= 0.6 is 0 Å². The number of rotatable bonds is 7. The maximum absolute atomic E-state index is 17.3. The third-order valence-electron chi connectivity index (χ3n) is 9.16. The summed E-state index contributed by atoms with van der Waals surface area (Å²) in [6.45, 7) is 8.27. The number of aromatic nitrogens is 3. The lowest BCUT2D eigenvalue weighted by Crippen LogP contribution is -2.63. The fourth-order valence-corrected chi connectivity index (χ4v) is 8.04. The molecule has 5 heterocycles. The molecule has 2 fully saturated rings. The predicted octanol–water partition coefficient (Wildman–Crippen LogP) is 5.55. The molecule has 3 aliphatic heterocycles. The first kappa shape index (κ1) is 35.5. The summed E-state index contributed by atoms with van der Waals surface area (Å²) < 4.78 is 87.3. The van der Waals surface area contributed by atoms with E-state index in [4.69, 9.17) is 23.1 Å². The second-order valence-corrected chi connectivity index (χ2v) is 15.1. The van der Waals surface area contributed by atoms with Gasteiger partial charge in [-0.05, 0) is 71.0 Å². The summed E-state index contributed by atoms with van der Waals surface area (Å²) >= 11 is 0. The van der Waals surface area contributed by atoms with Crippen LogP contribution in [0.25, 0.3) is 32.9 Å². The summed E-state index contributed by atoms with van der Waals surface area (Å²) in [6.07, 6.45) is 0.797. The van der Waals surface area contributed by atoms with E-state index in [-0.39, 0.29) is 77.6 Å². The molecule has 0 N–H and O–H groups in total. The highest BCUT2D eigenvalue weighted by molar-refractivity contribution is 7.86. The van der Waals surface area contributed by atoms with Gasteiger partial charge in [-0.25, -0.2) is 23.5 Å². The number of hydrogen-bond acceptors (Lipinski definition) is 12. The van der Waals surface area contributed by atoms with E-state index in [1.165, 1.54) is 32.2 Å². The summed E-state index contributed by atoms with van der Waals surface area (Å²) in [6, 6.07) is 4.63. The molecule has 0 unspecified atom stereocenters. The second-order valence-electron chi connectivity index (χ2n) is 13.6. The number of ether oxygens (including phenoxy) is 4. The summed E-state index contributed by atoms with van der Waals surface area (Å²) in [5, 5.41) is -0.00808. The normalized spacial score (nSPS) is 19.5. The molecule has 0 radical (unpaired) electrons. The van der Waals surface area contributed by atoms with E-state index in [0.29, 0.717) is 18.2 Å². The molecule has 2 bridgehead atoms. The summed E-state index contributed by atoms with van der Waals surface area (Å²) in [4.78, 5) is 30.4. The van der Waals surface area contributed by atoms with Gasteiger partial charge in [0.25, 0.3) is 5.16 Å². The number of piperazine rings is 1. The molecule has 1 amide bonds. The highest BCUT2D eigenvalue weighted by Gasteiger charge is 2.52. The third-order valence-corrected chi connectivity index (χ3v) is 10.3. The summed E-state index contributed by atoms with van der Waals surface area (Å²) in [7, 11) is -3.11. The van der Waals surface area contributed by atoms with Crippen LogP contribution in [0.5, 0.6) is 11.6 Å². The quantitative estimate of drug-likeness (QED) is 0.102. The fraction of sp³-hybridized carbons (Fsp3) is 0.444. The van der Waals surface area contributed by atoms with Gasteiger partial charge in [-0.1, -0.05) is 12.0 Å². The zero-order valence-corrected chi connectivity index (χ0v) is 30.3. The molecular weight excluding hydrogens is 700 g/mol. The van der Waals surface area contributed by atoms with E-state index >= 15 is 8.78 Å². The molecule has 7 rings (SSSR count). The molecule has 3 atom stereocenters. The number of amides is 1. The second kappa shape index (κ2) is 13.3. The summed E-state index contributed by atoms with van der Waals surface area (Å²) in [5.74, 6) is 4.10. The first-order valence-electron chi connectivity index (χ1n) is 16.8. The lowest BCUT2D eigenvalue weighted by atomic mass is 9.95. The number of methoxy groups -OCH3 is 1. The third kappa shape index (κ3) is 6.10. The van der Waals surface area contributed by atoms with Crippen molar-refractivity contribution in [3.63, 3.8) is 0 Å². The Morgan fingerprint density at radius 3 is 2.60 bits per heavy atom. The van der Waals surface area contributed by atoms with Gasteiger partial charge in [0.15, 0.2) is 12.6 Å². The minimum Gasteiger partial charge on any atom is -0.475 e. The zero-order valence-electron chi connectivity index (χ0n) is 29.5. The lowest BCUT2D eigenvalue weighted by Gasteiger charge is -2.46. The van der Waals surface area contributed by atoms with E-state index in [0.717, 1.165) is 0 Å². The zero-order chi connectivity index (χ0) is 37.1. The molecular formula is C36H37F2N5O8S. The number of halogens is 2. The van der Waals surface area contributed by atoms with Gasteiger partial charge in [0.1, 0.15) is 46.2 Å². The largest absolute Gasteiger partial charge is 0.475 e. The minimum atomic E-state index is -4.56. The molecule has 0 aliphatic carbocycles. The maximum Gasteiger partial charge on any atom is 0.410 e. The Kier molecular flexibility index (Phi) is 9.08. The van der Waals surface area contributed by atoms with Crippen LogP contribution in [0.4, 0.5) is 19.4 Å². The molecule has 4 aromatic rings. The van der Waals surface area contributed by atoms with Crippen LogP contribution in [0.15, 0.2) is 29.4 Å². The summed E-state index contributed by atoms with van der Waals surface area (Å²) in [5.41, 5.74) is -1.36. The Bertz CT molecular complexity index is 2290. The Labute approximate surface area is 299 Å². The van der Waals surface area contributed by atoms with E-state index < -0.39 is 56.2 Å². The number of nitrogens with zero attached hydrogens (tertiary/aromatic N) is 5. The van der Waals surface area contributed by atoms with Crippen molar-refractivity contribution in [1.29, 1.82) is 0 Å². The molecule has 274 valence electrons. The highest BCUT2D eigenvalue weighted by atomic mass is 32.2. The van der Waals surface area contributed by atoms with Gasteiger partial charge in [0, 0.05) is 24.6 Å². The van der Waals surface area contributed by atoms with Crippen LogP contribution in [0.2, 0.25) is 0 Å². The van der Waals surface area contributed by atoms with Gasteiger partial charge in [-0.2, -0.15) is 13.4 Å². The topological polar surface area (TPSA) is 143 Å². The van der Waals surface area contributed by atoms with Crippen molar-refractivity contribution < 1.29 is 45.1 Å². The van der Waals surface area contributed by atoms with Crippen molar-refractivity contribution in [2.24, 2.45) is 0 Å². The van der Waals surface area contributed by atoms with E-state index in [2.05, 4.69) is 26.8 Å². The average molecular weight is 738 g/mol. The van der Waals surface area contributed by atoms with Crippen molar-refractivity contribution >= 4 is 43.7 Å². The van der Waals surface area contributed by atoms with Crippen LogP contribution in [-0.4, -0.2) is 91.8 Å². The van der Waals surface area contributed by atoms with E-state index in [1.807, 2.05) is 4.90 Å². The first-order valence-corrected chi connectivity index (χ1v) is 18.2. The highest BCUT2D eigenvalue weighted by Crippen LogP contribution is 2.46. The van der Waals surface area contributed by atoms with Gasteiger partial charge in [-0.15, -0.1) is 5.92 Å². The SMILES string of the molecule is CC#Cc1c(F)ccc2cc(OCOC)cc(-c3nc4c5c(nc(S(=O)(=O)OCC)nc5c3F)N3C[C@H]5CC[C@@H]([C@H]3CO4)N5C(=O)OC(C)(C)C)c12. The van der Waals surface area contributed by atoms with Crippen molar-refractivity contribution in [2.75, 3.05) is 38.6 Å². The maximum atomic E-state index is 17.3. The predicted molar refractivity (Wildman–Crippen MR) is 186 cm³/mol. The van der Waals surface area contributed by atoms with Crippen molar-refractivity contribution in [1.82, 2.24) is 19.9 Å². The molecule has 52 heavy (non-hydrogen) atoms. The molecule has 16 heteroatoms. The number of pyridine rings is 1. The monoisotopic (exact) mass is 737 g/mol. The number of anilines is 1.